The Morgan fingerprint density at radius 3 is 2.94 bits per heavy atom. The lowest BCUT2D eigenvalue weighted by Crippen LogP contribution is -2.45. The SMILES string of the molecule is Cl.NC1CCCN(C(=O)c2csc(I)c2)C1. The van der Waals surface area contributed by atoms with Gasteiger partial charge in [0.25, 0.3) is 5.91 Å². The van der Waals surface area contributed by atoms with Crippen LogP contribution in [0, 0.1) is 2.88 Å². The van der Waals surface area contributed by atoms with E-state index in [0.717, 1.165) is 27.8 Å². The van der Waals surface area contributed by atoms with Crippen LogP contribution in [0.3, 0.4) is 0 Å². The summed E-state index contributed by atoms with van der Waals surface area (Å²) in [6.45, 7) is 1.55. The van der Waals surface area contributed by atoms with Gasteiger partial charge in [0.2, 0.25) is 0 Å². The lowest BCUT2D eigenvalue weighted by atomic mass is 10.1. The largest absolute Gasteiger partial charge is 0.337 e. The molecule has 90 valence electrons. The first-order valence-electron chi connectivity index (χ1n) is 4.95. The first-order valence-corrected chi connectivity index (χ1v) is 6.91. The maximum absolute atomic E-state index is 12.0. The summed E-state index contributed by atoms with van der Waals surface area (Å²) in [5.74, 6) is 0.129. The zero-order chi connectivity index (χ0) is 10.8. The fraction of sp³-hybridized carbons (Fsp3) is 0.500. The standard InChI is InChI=1S/C10H13IN2OS.ClH/c11-9-4-7(6-15-9)10(14)13-3-1-2-8(12)5-13;/h4,6,8H,1-3,5,12H2;1H. The number of carbonyl (C=O) groups excluding carboxylic acids is 1. The first kappa shape index (κ1) is 14.2. The highest BCUT2D eigenvalue weighted by atomic mass is 127. The van der Waals surface area contributed by atoms with Gasteiger partial charge >= 0.3 is 0 Å². The molecule has 0 saturated carbocycles. The Labute approximate surface area is 119 Å². The van der Waals surface area contributed by atoms with Crippen LogP contribution in [0.4, 0.5) is 0 Å². The number of halogens is 2. The van der Waals surface area contributed by atoms with E-state index in [1.807, 2.05) is 16.3 Å². The minimum Gasteiger partial charge on any atom is -0.337 e. The van der Waals surface area contributed by atoms with Crippen molar-refractivity contribution in [2.45, 2.75) is 18.9 Å². The van der Waals surface area contributed by atoms with Gasteiger partial charge in [0.15, 0.2) is 0 Å². The van der Waals surface area contributed by atoms with E-state index in [-0.39, 0.29) is 24.4 Å². The molecule has 0 spiro atoms. The van der Waals surface area contributed by atoms with Crippen molar-refractivity contribution in [2.24, 2.45) is 5.73 Å². The summed E-state index contributed by atoms with van der Waals surface area (Å²) in [5.41, 5.74) is 6.66. The lowest BCUT2D eigenvalue weighted by molar-refractivity contribution is 0.0709. The number of hydrogen-bond acceptors (Lipinski definition) is 3. The van der Waals surface area contributed by atoms with Crippen LogP contribution in [0.15, 0.2) is 11.4 Å². The molecule has 0 bridgehead atoms. The molecule has 6 heteroatoms. The van der Waals surface area contributed by atoms with Crippen LogP contribution in [0.2, 0.25) is 0 Å². The Morgan fingerprint density at radius 1 is 1.62 bits per heavy atom. The third kappa shape index (κ3) is 3.32. The summed E-state index contributed by atoms with van der Waals surface area (Å²) < 4.78 is 1.15. The van der Waals surface area contributed by atoms with E-state index in [1.165, 1.54) is 0 Å². The van der Waals surface area contributed by atoms with Crippen molar-refractivity contribution in [3.05, 3.63) is 19.9 Å². The maximum Gasteiger partial charge on any atom is 0.254 e. The number of rotatable bonds is 1. The molecule has 1 fully saturated rings. The van der Waals surface area contributed by atoms with Gasteiger partial charge in [0.05, 0.1) is 8.45 Å². The van der Waals surface area contributed by atoms with Crippen molar-refractivity contribution in [1.29, 1.82) is 0 Å². The van der Waals surface area contributed by atoms with Crippen molar-refractivity contribution in [2.75, 3.05) is 13.1 Å². The van der Waals surface area contributed by atoms with Gasteiger partial charge in [-0.2, -0.15) is 0 Å². The van der Waals surface area contributed by atoms with Crippen LogP contribution in [-0.2, 0) is 0 Å². The van der Waals surface area contributed by atoms with Crippen LogP contribution in [-0.4, -0.2) is 29.9 Å². The molecular formula is C10H14ClIN2OS. The molecule has 1 saturated heterocycles. The van der Waals surface area contributed by atoms with Gasteiger partial charge in [-0.25, -0.2) is 0 Å². The first-order chi connectivity index (χ1) is 7.16. The Balaban J connectivity index is 0.00000128. The van der Waals surface area contributed by atoms with Gasteiger partial charge in [-0.15, -0.1) is 23.7 Å². The minimum atomic E-state index is 0. The van der Waals surface area contributed by atoms with Gasteiger partial charge < -0.3 is 10.6 Å². The second-order valence-corrected chi connectivity index (χ2v) is 6.60. The van der Waals surface area contributed by atoms with Crippen LogP contribution in [0.1, 0.15) is 23.2 Å². The quantitative estimate of drug-likeness (QED) is 0.769. The Kier molecular flexibility index (Phi) is 5.49. The average molecular weight is 373 g/mol. The molecule has 2 rings (SSSR count). The van der Waals surface area contributed by atoms with Crippen LogP contribution < -0.4 is 5.73 Å². The van der Waals surface area contributed by atoms with Gasteiger partial charge in [-0.3, -0.25) is 4.79 Å². The number of nitrogens with zero attached hydrogens (tertiary/aromatic N) is 1. The van der Waals surface area contributed by atoms with Gasteiger partial charge in [0.1, 0.15) is 0 Å². The molecule has 1 aliphatic heterocycles. The number of piperidine rings is 1. The monoisotopic (exact) mass is 372 g/mol. The number of thiophene rings is 1. The number of hydrogen-bond donors (Lipinski definition) is 1. The fourth-order valence-electron chi connectivity index (χ4n) is 1.80. The summed E-state index contributed by atoms with van der Waals surface area (Å²) in [7, 11) is 0. The normalized spacial score (nSPS) is 20.4. The van der Waals surface area contributed by atoms with E-state index >= 15 is 0 Å². The highest BCUT2D eigenvalue weighted by molar-refractivity contribution is 14.1. The Hall–Kier alpha value is 0.150. The summed E-state index contributed by atoms with van der Waals surface area (Å²) in [6.07, 6.45) is 2.05. The maximum atomic E-state index is 12.0. The minimum absolute atomic E-state index is 0. The highest BCUT2D eigenvalue weighted by Gasteiger charge is 2.22. The molecule has 1 unspecified atom stereocenters. The molecule has 1 amide bonds. The molecule has 2 N–H and O–H groups in total. The Morgan fingerprint density at radius 2 is 2.38 bits per heavy atom. The van der Waals surface area contributed by atoms with Crippen molar-refractivity contribution >= 4 is 52.2 Å². The van der Waals surface area contributed by atoms with Gasteiger partial charge in [-0.1, -0.05) is 0 Å². The summed E-state index contributed by atoms with van der Waals surface area (Å²) in [4.78, 5) is 13.9. The smallest absolute Gasteiger partial charge is 0.254 e. The second kappa shape index (κ2) is 6.18. The van der Waals surface area contributed by atoms with Gasteiger partial charge in [-0.05, 0) is 41.5 Å². The molecule has 1 aromatic heterocycles. The van der Waals surface area contributed by atoms with Crippen molar-refractivity contribution in [3.63, 3.8) is 0 Å². The summed E-state index contributed by atoms with van der Waals surface area (Å²) >= 11 is 3.84. The molecule has 0 aromatic carbocycles. The molecule has 16 heavy (non-hydrogen) atoms. The van der Waals surface area contributed by atoms with E-state index in [9.17, 15) is 4.79 Å². The predicted octanol–water partition coefficient (Wildman–Crippen LogP) is 2.34. The Bertz CT molecular complexity index is 371. The highest BCUT2D eigenvalue weighted by Crippen LogP contribution is 2.19. The zero-order valence-electron chi connectivity index (χ0n) is 8.69. The zero-order valence-corrected chi connectivity index (χ0v) is 12.5. The molecular weight excluding hydrogens is 359 g/mol. The van der Waals surface area contributed by atoms with E-state index in [4.69, 9.17) is 5.73 Å². The van der Waals surface area contributed by atoms with Crippen LogP contribution in [0.25, 0.3) is 0 Å². The molecule has 1 aromatic rings. The number of nitrogens with two attached hydrogens (primary N) is 1. The predicted molar refractivity (Wildman–Crippen MR) is 77.4 cm³/mol. The topological polar surface area (TPSA) is 46.3 Å². The molecule has 0 radical (unpaired) electrons. The van der Waals surface area contributed by atoms with E-state index in [1.54, 1.807) is 11.3 Å². The summed E-state index contributed by atoms with van der Waals surface area (Å²) in [5, 5.41) is 1.92. The molecule has 1 aliphatic rings. The van der Waals surface area contributed by atoms with Crippen LogP contribution >= 0.6 is 46.3 Å². The van der Waals surface area contributed by atoms with Gasteiger partial charge in [0, 0.05) is 24.5 Å². The van der Waals surface area contributed by atoms with E-state index in [2.05, 4.69) is 22.6 Å². The van der Waals surface area contributed by atoms with E-state index in [0.29, 0.717) is 6.54 Å². The van der Waals surface area contributed by atoms with Crippen molar-refractivity contribution in [1.82, 2.24) is 4.90 Å². The van der Waals surface area contributed by atoms with Crippen molar-refractivity contribution in [3.8, 4) is 0 Å². The van der Waals surface area contributed by atoms with E-state index < -0.39 is 0 Å². The second-order valence-electron chi connectivity index (χ2n) is 3.79. The number of carbonyl (C=O) groups is 1. The van der Waals surface area contributed by atoms with Crippen LogP contribution in [0.5, 0.6) is 0 Å². The van der Waals surface area contributed by atoms with Crippen molar-refractivity contribution < 1.29 is 4.79 Å². The molecule has 0 aliphatic carbocycles. The molecule has 1 atom stereocenters. The average Bonchev–Trinajstić information content (AvgIpc) is 2.64. The molecule has 3 nitrogen and oxygen atoms in total. The number of likely N-dealkylation sites (tertiary alicyclic amines) is 1. The third-order valence-electron chi connectivity index (χ3n) is 2.56. The molecule has 2 heterocycles. The summed E-state index contributed by atoms with van der Waals surface area (Å²) in [6, 6.07) is 2.09. The number of amides is 1. The third-order valence-corrected chi connectivity index (χ3v) is 4.35. The lowest BCUT2D eigenvalue weighted by Gasteiger charge is -2.30. The fourth-order valence-corrected chi connectivity index (χ4v) is 3.12.